The maximum Gasteiger partial charge on any atom is 0.462 e. The Morgan fingerprint density at radius 1 is 1.50 bits per heavy atom. The lowest BCUT2D eigenvalue weighted by atomic mass is 10.1. The summed E-state index contributed by atoms with van der Waals surface area (Å²) < 4.78 is 10.3. The van der Waals surface area contributed by atoms with Crippen molar-refractivity contribution in [2.24, 2.45) is 0 Å². The van der Waals surface area contributed by atoms with Gasteiger partial charge in [0.1, 0.15) is 0 Å². The summed E-state index contributed by atoms with van der Waals surface area (Å²) in [5.41, 5.74) is 0. The summed E-state index contributed by atoms with van der Waals surface area (Å²) in [6.45, 7) is 5.88. The van der Waals surface area contributed by atoms with Crippen molar-refractivity contribution in [3.8, 4) is 0 Å². The summed E-state index contributed by atoms with van der Waals surface area (Å²) >= 11 is 0.708. The van der Waals surface area contributed by atoms with Gasteiger partial charge in [-0.3, -0.25) is 0 Å². The Bertz CT molecular complexity index is 83.3. The summed E-state index contributed by atoms with van der Waals surface area (Å²) in [6, 6.07) is 0. The zero-order chi connectivity index (χ0) is 7.82. The topological polar surface area (TPSA) is 17.1 Å². The number of rotatable bonds is 6. The molecule has 0 aromatic heterocycles. The van der Waals surface area contributed by atoms with Crippen LogP contribution in [0.25, 0.3) is 0 Å². The Labute approximate surface area is 67.7 Å². The summed E-state index contributed by atoms with van der Waals surface area (Å²) in [5, 5.41) is 0.256. The summed E-state index contributed by atoms with van der Waals surface area (Å²) in [6.07, 6.45) is 5.49. The van der Waals surface area contributed by atoms with Crippen LogP contribution in [0.5, 0.6) is 0 Å². The first kappa shape index (κ1) is 10.0. The normalized spacial score (nSPS) is 13.0. The third-order valence-electron chi connectivity index (χ3n) is 1.59. The molecule has 2 heteroatoms. The van der Waals surface area contributed by atoms with Gasteiger partial charge in [0.25, 0.3) is 0 Å². The molecule has 1 unspecified atom stereocenters. The predicted octanol–water partition coefficient (Wildman–Crippen LogP) is 2.59. The van der Waals surface area contributed by atoms with Gasteiger partial charge in [-0.2, -0.15) is 0 Å². The molecule has 0 rings (SSSR count). The van der Waals surface area contributed by atoms with E-state index < -0.39 is 0 Å². The number of unbranched alkanes of at least 4 members (excludes halogenated alkanes) is 2. The van der Waals surface area contributed by atoms with Crippen molar-refractivity contribution in [3.05, 3.63) is 6.92 Å². The van der Waals surface area contributed by atoms with Gasteiger partial charge in [-0.05, 0) is 13.3 Å². The second-order valence-corrected chi connectivity index (χ2v) is 3.36. The summed E-state index contributed by atoms with van der Waals surface area (Å²) in [5.74, 6) is 0. The van der Waals surface area contributed by atoms with Crippen LogP contribution in [-0.4, -0.2) is 5.25 Å². The minimum absolute atomic E-state index is 0.256. The van der Waals surface area contributed by atoms with Crippen LogP contribution in [0.1, 0.15) is 39.0 Å². The van der Waals surface area contributed by atoms with Crippen molar-refractivity contribution in [3.63, 3.8) is 0 Å². The molecular weight excluding hydrogens is 144 g/mol. The highest BCUT2D eigenvalue weighted by molar-refractivity contribution is 7.66. The molecule has 0 fully saturated rings. The van der Waals surface area contributed by atoms with E-state index in [9.17, 15) is 4.21 Å². The van der Waals surface area contributed by atoms with Gasteiger partial charge in [0.2, 0.25) is 5.25 Å². The van der Waals surface area contributed by atoms with Gasteiger partial charge in [-0.1, -0.05) is 19.8 Å². The molecule has 1 radical (unpaired) electrons. The average molecular weight is 160 g/mol. The summed E-state index contributed by atoms with van der Waals surface area (Å²) in [4.78, 5) is 0. The SMILES string of the molecule is [CH2]CC(CCCCC)[S+]=O. The third kappa shape index (κ3) is 4.86. The number of hydrogen-bond donors (Lipinski definition) is 0. The highest BCUT2D eigenvalue weighted by Gasteiger charge is 2.17. The van der Waals surface area contributed by atoms with Crippen molar-refractivity contribution in [1.82, 2.24) is 0 Å². The van der Waals surface area contributed by atoms with Gasteiger partial charge >= 0.3 is 11.7 Å². The largest absolute Gasteiger partial charge is 0.462 e. The first-order valence-corrected chi connectivity index (χ1v) is 4.73. The maximum atomic E-state index is 10.3. The highest BCUT2D eigenvalue weighted by Crippen LogP contribution is 2.06. The van der Waals surface area contributed by atoms with Crippen molar-refractivity contribution in [1.29, 1.82) is 0 Å². The van der Waals surface area contributed by atoms with E-state index in [2.05, 4.69) is 13.8 Å². The van der Waals surface area contributed by atoms with Crippen LogP contribution in [0.3, 0.4) is 0 Å². The quantitative estimate of drug-likeness (QED) is 0.431. The van der Waals surface area contributed by atoms with Crippen molar-refractivity contribution >= 4 is 11.7 Å². The monoisotopic (exact) mass is 160 g/mol. The fourth-order valence-corrected chi connectivity index (χ4v) is 1.22. The fraction of sp³-hybridized carbons (Fsp3) is 0.875. The molecule has 0 aromatic carbocycles. The molecule has 0 spiro atoms. The van der Waals surface area contributed by atoms with Crippen LogP contribution < -0.4 is 0 Å². The van der Waals surface area contributed by atoms with Crippen molar-refractivity contribution in [2.45, 2.75) is 44.3 Å². The molecule has 0 heterocycles. The van der Waals surface area contributed by atoms with Gasteiger partial charge in [0.05, 0.1) is 0 Å². The molecule has 0 aliphatic carbocycles. The second kappa shape index (κ2) is 7.13. The van der Waals surface area contributed by atoms with E-state index >= 15 is 0 Å². The van der Waals surface area contributed by atoms with Crippen LogP contribution in [0.4, 0.5) is 0 Å². The minimum atomic E-state index is 0.256. The van der Waals surface area contributed by atoms with E-state index in [0.717, 1.165) is 12.8 Å². The lowest BCUT2D eigenvalue weighted by molar-refractivity contribution is 0.583. The Balaban J connectivity index is 3.17. The first-order valence-electron chi connectivity index (χ1n) is 3.93. The molecule has 10 heavy (non-hydrogen) atoms. The molecular formula is C8H16OS+. The van der Waals surface area contributed by atoms with Crippen LogP contribution in [-0.2, 0) is 15.9 Å². The molecule has 0 bridgehead atoms. The lowest BCUT2D eigenvalue weighted by Gasteiger charge is -1.94. The Kier molecular flexibility index (Phi) is 7.15. The molecule has 0 amide bonds. The standard InChI is InChI=1S/C8H16OS/c1-3-5-6-7-8(4-2)10-9/h8H,2-7H2,1H3/q+1. The van der Waals surface area contributed by atoms with E-state index in [-0.39, 0.29) is 5.25 Å². The van der Waals surface area contributed by atoms with Gasteiger partial charge < -0.3 is 0 Å². The molecule has 0 aliphatic heterocycles. The molecule has 1 atom stereocenters. The molecule has 0 N–H and O–H groups in total. The zero-order valence-electron chi connectivity index (χ0n) is 6.64. The van der Waals surface area contributed by atoms with E-state index in [4.69, 9.17) is 0 Å². The molecule has 0 aliphatic rings. The van der Waals surface area contributed by atoms with Gasteiger partial charge in [0, 0.05) is 17.1 Å². The predicted molar refractivity (Wildman–Crippen MR) is 46.0 cm³/mol. The van der Waals surface area contributed by atoms with E-state index in [1.165, 1.54) is 19.3 Å². The molecule has 59 valence electrons. The van der Waals surface area contributed by atoms with Gasteiger partial charge in [0.15, 0.2) is 0 Å². The van der Waals surface area contributed by atoms with E-state index in [0.29, 0.717) is 11.7 Å². The van der Waals surface area contributed by atoms with Crippen molar-refractivity contribution in [2.75, 3.05) is 0 Å². The van der Waals surface area contributed by atoms with Crippen LogP contribution in [0.15, 0.2) is 0 Å². The van der Waals surface area contributed by atoms with E-state index in [1.807, 2.05) is 0 Å². The molecule has 0 aromatic rings. The smallest absolute Gasteiger partial charge is 0.0654 e. The Morgan fingerprint density at radius 3 is 2.60 bits per heavy atom. The summed E-state index contributed by atoms with van der Waals surface area (Å²) in [7, 11) is 0. The van der Waals surface area contributed by atoms with E-state index in [1.54, 1.807) is 0 Å². The number of hydrogen-bond acceptors (Lipinski definition) is 1. The molecule has 0 saturated carbocycles. The third-order valence-corrected chi connectivity index (χ3v) is 2.33. The van der Waals surface area contributed by atoms with Crippen LogP contribution in [0.2, 0.25) is 0 Å². The Hall–Kier alpha value is 0.0200. The Morgan fingerprint density at radius 2 is 2.20 bits per heavy atom. The zero-order valence-corrected chi connectivity index (χ0v) is 7.45. The van der Waals surface area contributed by atoms with Crippen molar-refractivity contribution < 1.29 is 4.21 Å². The average Bonchev–Trinajstić information content (AvgIpc) is 1.99. The molecule has 1 nitrogen and oxygen atoms in total. The first-order chi connectivity index (χ1) is 4.85. The van der Waals surface area contributed by atoms with Crippen LogP contribution >= 0.6 is 0 Å². The highest BCUT2D eigenvalue weighted by atomic mass is 32.1. The maximum absolute atomic E-state index is 10.3. The van der Waals surface area contributed by atoms with Crippen LogP contribution in [0, 0.1) is 6.92 Å². The lowest BCUT2D eigenvalue weighted by Crippen LogP contribution is -2.02. The second-order valence-electron chi connectivity index (χ2n) is 2.50. The van der Waals surface area contributed by atoms with Gasteiger partial charge in [-0.25, -0.2) is 0 Å². The molecule has 0 saturated heterocycles. The fourth-order valence-electron chi connectivity index (χ4n) is 0.863. The minimum Gasteiger partial charge on any atom is -0.0654 e. The van der Waals surface area contributed by atoms with Gasteiger partial charge in [-0.15, -0.1) is 0 Å².